The topological polar surface area (TPSA) is 112 Å². The van der Waals surface area contributed by atoms with Crippen molar-refractivity contribution in [2.45, 2.75) is 63.4 Å². The maximum Gasteiger partial charge on any atom is 0.242 e. The minimum Gasteiger partial charge on any atom is -0.492 e. The normalized spacial score (nSPS) is 28.6. The minimum atomic E-state index is -2.22. The van der Waals surface area contributed by atoms with Crippen LogP contribution < -0.4 is 0 Å². The Balaban J connectivity index is 1.63. The summed E-state index contributed by atoms with van der Waals surface area (Å²) in [6, 6.07) is 0. The average Bonchev–Trinajstić information content (AvgIpc) is 3.39. The molecule has 0 aromatic carbocycles. The van der Waals surface area contributed by atoms with Crippen LogP contribution in [-0.4, -0.2) is 74.5 Å². The van der Waals surface area contributed by atoms with E-state index in [1.807, 2.05) is 0 Å². The van der Waals surface area contributed by atoms with Gasteiger partial charge < -0.3 is 23.9 Å². The fourth-order valence-electron chi connectivity index (χ4n) is 3.35. The molecule has 14 heteroatoms. The highest BCUT2D eigenvalue weighted by Gasteiger charge is 2.51. The summed E-state index contributed by atoms with van der Waals surface area (Å²) in [5.41, 5.74) is 0.627. The van der Waals surface area contributed by atoms with E-state index < -0.39 is 37.5 Å². The second-order valence-electron chi connectivity index (χ2n) is 9.33. The minimum absolute atomic E-state index is 0.0413. The first-order valence-electron chi connectivity index (χ1n) is 10.3. The molecule has 0 bridgehead atoms. The van der Waals surface area contributed by atoms with Crippen molar-refractivity contribution in [2.75, 3.05) is 18.1 Å². The third-order valence-electron chi connectivity index (χ3n) is 6.14. The van der Waals surface area contributed by atoms with Gasteiger partial charge in [-0.3, -0.25) is 4.57 Å². The molecule has 2 N–H and O–H groups in total. The van der Waals surface area contributed by atoms with E-state index >= 15 is 0 Å². The van der Waals surface area contributed by atoms with Gasteiger partial charge in [0.15, 0.2) is 30.4 Å². The lowest BCUT2D eigenvalue weighted by molar-refractivity contribution is -0.0456. The number of hydrogen-bond donors (Lipinski definition) is 2. The summed E-state index contributed by atoms with van der Waals surface area (Å²) >= 11 is 9.14. The molecule has 1 unspecified atom stereocenters. The van der Waals surface area contributed by atoms with Gasteiger partial charge in [0.1, 0.15) is 24.6 Å². The molecule has 0 aliphatic carbocycles. The predicted molar refractivity (Wildman–Crippen MR) is 134 cm³/mol. The van der Waals surface area contributed by atoms with Crippen LogP contribution in [0.15, 0.2) is 12.7 Å². The molecule has 2 aromatic heterocycles. The summed E-state index contributed by atoms with van der Waals surface area (Å²) in [5.74, 6) is 1.77. The zero-order chi connectivity index (χ0) is 23.3. The van der Waals surface area contributed by atoms with Gasteiger partial charge in [0.25, 0.3) is 0 Å². The molecule has 2 aliphatic rings. The predicted octanol–water partition coefficient (Wildman–Crippen LogP) is 3.90. The molecule has 9 nitrogen and oxygen atoms in total. The number of aromatic nitrogens is 4. The monoisotopic (exact) mass is 536 g/mol. The highest BCUT2D eigenvalue weighted by atomic mass is 33.2. The van der Waals surface area contributed by atoms with Crippen molar-refractivity contribution in [2.24, 2.45) is 0 Å². The Hall–Kier alpha value is -0.243. The number of imidazole rings is 1. The number of aliphatic hydroxyl groups excluding tert-OH is 1. The third kappa shape index (κ3) is 4.78. The first kappa shape index (κ1) is 24.9. The van der Waals surface area contributed by atoms with Crippen molar-refractivity contribution >= 4 is 58.7 Å². The van der Waals surface area contributed by atoms with Gasteiger partial charge in [-0.05, 0) is 29.9 Å². The van der Waals surface area contributed by atoms with Crippen LogP contribution >= 0.6 is 27.4 Å². The summed E-state index contributed by atoms with van der Waals surface area (Å²) in [4.78, 5) is 12.2. The SMILES string of the molecule is CC(C)(C)[Si](C)(C)OC1[C@@H](O)[C@H](n2cnc3c(O)ncnc32)O[C@@H]1COP1(=S)SCCS1. The Morgan fingerprint density at radius 3 is 2.62 bits per heavy atom. The number of hydrogen-bond acceptors (Lipinski definition) is 11. The molecule has 32 heavy (non-hydrogen) atoms. The second-order valence-corrected chi connectivity index (χ2v) is 24.8. The molecule has 178 valence electrons. The molecular weight excluding hydrogens is 507 g/mol. The number of ether oxygens (including phenoxy) is 1. The van der Waals surface area contributed by atoms with Crippen molar-refractivity contribution in [3.05, 3.63) is 12.7 Å². The number of rotatable bonds is 6. The number of aromatic hydroxyl groups is 1. The second kappa shape index (κ2) is 9.08. The molecule has 2 aromatic rings. The summed E-state index contributed by atoms with van der Waals surface area (Å²) in [6.45, 7) is 11.0. The molecule has 4 rings (SSSR count). The molecule has 2 saturated heterocycles. The van der Waals surface area contributed by atoms with Crippen LogP contribution in [-0.2, 0) is 25.5 Å². The molecule has 2 fully saturated rings. The molecule has 2 aliphatic heterocycles. The van der Waals surface area contributed by atoms with Crippen LogP contribution in [0.1, 0.15) is 27.0 Å². The van der Waals surface area contributed by atoms with Gasteiger partial charge in [-0.2, -0.15) is 4.98 Å². The van der Waals surface area contributed by atoms with E-state index in [1.165, 1.54) is 12.7 Å². The Kier molecular flexibility index (Phi) is 7.06. The van der Waals surface area contributed by atoms with Crippen LogP contribution in [0.5, 0.6) is 5.88 Å². The van der Waals surface area contributed by atoms with Gasteiger partial charge in [-0.15, -0.1) is 0 Å². The van der Waals surface area contributed by atoms with Gasteiger partial charge in [0, 0.05) is 11.5 Å². The number of nitrogens with zero attached hydrogens (tertiary/aromatic N) is 4. The quantitative estimate of drug-likeness (QED) is 0.414. The van der Waals surface area contributed by atoms with E-state index in [2.05, 4.69) is 48.8 Å². The Labute approximate surface area is 201 Å². The van der Waals surface area contributed by atoms with E-state index in [-0.39, 0.29) is 23.0 Å². The highest BCUT2D eigenvalue weighted by molar-refractivity contribution is 9.00. The van der Waals surface area contributed by atoms with Gasteiger partial charge in [0.2, 0.25) is 5.88 Å². The van der Waals surface area contributed by atoms with Gasteiger partial charge in [0.05, 0.1) is 12.9 Å². The maximum absolute atomic E-state index is 11.3. The van der Waals surface area contributed by atoms with Crippen molar-refractivity contribution in [3.63, 3.8) is 0 Å². The number of aliphatic hydroxyl groups is 1. The fourth-order valence-corrected chi connectivity index (χ4v) is 13.5. The highest BCUT2D eigenvalue weighted by Crippen LogP contribution is 2.74. The molecule has 0 spiro atoms. The van der Waals surface area contributed by atoms with Gasteiger partial charge in [-0.25, -0.2) is 9.97 Å². The number of fused-ring (bicyclic) bond motifs is 1. The zero-order valence-corrected chi connectivity index (χ0v) is 23.0. The van der Waals surface area contributed by atoms with Crippen LogP contribution in [0.2, 0.25) is 18.1 Å². The van der Waals surface area contributed by atoms with Crippen molar-refractivity contribution in [1.82, 2.24) is 19.5 Å². The third-order valence-corrected chi connectivity index (χ3v) is 20.5. The largest absolute Gasteiger partial charge is 0.492 e. The molecule has 0 saturated carbocycles. The molecular formula is C18H29N4O5PS3Si. The Morgan fingerprint density at radius 1 is 1.28 bits per heavy atom. The van der Waals surface area contributed by atoms with Gasteiger partial charge in [-0.1, -0.05) is 43.5 Å². The van der Waals surface area contributed by atoms with Crippen LogP contribution in [0.4, 0.5) is 0 Å². The summed E-state index contributed by atoms with van der Waals surface area (Å²) < 4.78 is 18.7. The lowest BCUT2D eigenvalue weighted by Gasteiger charge is -2.40. The average molecular weight is 537 g/mol. The lowest BCUT2D eigenvalue weighted by atomic mass is 10.1. The summed E-state index contributed by atoms with van der Waals surface area (Å²) in [7, 11) is -2.22. The molecule has 0 radical (unpaired) electrons. The summed E-state index contributed by atoms with van der Waals surface area (Å²) in [6.07, 6.45) is -0.117. The smallest absolute Gasteiger partial charge is 0.242 e. The van der Waals surface area contributed by atoms with E-state index in [9.17, 15) is 10.2 Å². The molecule has 4 heterocycles. The Morgan fingerprint density at radius 2 is 1.97 bits per heavy atom. The van der Waals surface area contributed by atoms with Crippen LogP contribution in [0, 0.1) is 0 Å². The first-order valence-corrected chi connectivity index (χ1v) is 19.1. The fraction of sp³-hybridized carbons (Fsp3) is 0.722. The first-order chi connectivity index (χ1) is 14.9. The Bertz CT molecular complexity index is 1030. The molecule has 4 atom stereocenters. The van der Waals surface area contributed by atoms with Gasteiger partial charge >= 0.3 is 0 Å². The van der Waals surface area contributed by atoms with E-state index in [0.29, 0.717) is 5.65 Å². The van der Waals surface area contributed by atoms with Crippen LogP contribution in [0.3, 0.4) is 0 Å². The molecule has 0 amide bonds. The van der Waals surface area contributed by atoms with E-state index in [1.54, 1.807) is 27.3 Å². The van der Waals surface area contributed by atoms with Crippen molar-refractivity contribution < 1.29 is 23.9 Å². The van der Waals surface area contributed by atoms with Crippen molar-refractivity contribution in [1.29, 1.82) is 0 Å². The zero-order valence-electron chi connectivity index (χ0n) is 18.7. The standard InChI is InChI=1S/C18H29N4O5PS3Si/c1-18(2,3)32(4,5)27-14-11(8-25-28(29)30-6-7-31-28)26-17(13(14)23)22-10-21-12-15(22)19-9-20-16(12)24/h9-11,13-14,17,23H,6-8H2,1-5H3,(H,19,20,24)/t11-,13-,14?,17-/m1/s1. The van der Waals surface area contributed by atoms with E-state index in [0.717, 1.165) is 11.5 Å². The van der Waals surface area contributed by atoms with Crippen LogP contribution in [0.25, 0.3) is 11.2 Å². The maximum atomic E-state index is 11.3. The van der Waals surface area contributed by atoms with Crippen molar-refractivity contribution in [3.8, 4) is 5.88 Å². The van der Waals surface area contributed by atoms with E-state index in [4.69, 9.17) is 25.5 Å². The summed E-state index contributed by atoms with van der Waals surface area (Å²) in [5, 5.41) is 21.3. The lowest BCUT2D eigenvalue weighted by Crippen LogP contribution is -2.49.